The molecule has 0 aliphatic carbocycles. The number of rotatable bonds is 8. The van der Waals surface area contributed by atoms with Crippen molar-refractivity contribution in [2.45, 2.75) is 47.0 Å². The minimum absolute atomic E-state index is 0.369. The summed E-state index contributed by atoms with van der Waals surface area (Å²) < 4.78 is 5.40. The molecule has 84 valence electrons. The van der Waals surface area contributed by atoms with Crippen LogP contribution in [0.15, 0.2) is 0 Å². The number of ketones is 1. The highest BCUT2D eigenvalue weighted by atomic mass is 16.5. The average molecular weight is 200 g/mol. The highest BCUT2D eigenvalue weighted by Gasteiger charge is 2.04. The monoisotopic (exact) mass is 200 g/mol. The second-order valence-electron chi connectivity index (χ2n) is 4.71. The maximum absolute atomic E-state index is 11.3. The molecule has 0 aromatic heterocycles. The van der Waals surface area contributed by atoms with Crippen molar-refractivity contribution in [2.24, 2.45) is 11.8 Å². The van der Waals surface area contributed by atoms with Gasteiger partial charge in [-0.25, -0.2) is 0 Å². The van der Waals surface area contributed by atoms with E-state index in [4.69, 9.17) is 4.74 Å². The normalized spacial score (nSPS) is 11.3. The first-order valence-corrected chi connectivity index (χ1v) is 5.61. The van der Waals surface area contributed by atoms with Crippen molar-refractivity contribution in [1.82, 2.24) is 0 Å². The molecule has 0 bridgehead atoms. The number of carbonyl (C=O) groups excluding carboxylic acids is 1. The lowest BCUT2D eigenvalue weighted by Gasteiger charge is -2.06. The first-order chi connectivity index (χ1) is 6.52. The Bertz CT molecular complexity index is 150. The summed E-state index contributed by atoms with van der Waals surface area (Å²) in [5.41, 5.74) is 0. The summed E-state index contributed by atoms with van der Waals surface area (Å²) in [6.45, 7) is 9.94. The average Bonchev–Trinajstić information content (AvgIpc) is 2.01. The molecule has 0 aliphatic heterocycles. The van der Waals surface area contributed by atoms with Crippen LogP contribution in [0.5, 0.6) is 0 Å². The Morgan fingerprint density at radius 3 is 2.29 bits per heavy atom. The van der Waals surface area contributed by atoms with E-state index in [-0.39, 0.29) is 0 Å². The Hall–Kier alpha value is -0.370. The lowest BCUT2D eigenvalue weighted by atomic mass is 10.0. The van der Waals surface area contributed by atoms with Crippen molar-refractivity contribution in [2.75, 3.05) is 13.2 Å². The second-order valence-corrected chi connectivity index (χ2v) is 4.71. The Balaban J connectivity index is 3.23. The van der Waals surface area contributed by atoms with Crippen molar-refractivity contribution in [3.05, 3.63) is 0 Å². The molecule has 0 spiro atoms. The van der Waals surface area contributed by atoms with E-state index in [0.717, 1.165) is 19.6 Å². The van der Waals surface area contributed by atoms with E-state index in [9.17, 15) is 4.79 Å². The molecule has 0 atom stereocenters. The van der Waals surface area contributed by atoms with E-state index in [2.05, 4.69) is 27.7 Å². The highest BCUT2D eigenvalue weighted by molar-refractivity contribution is 5.78. The Morgan fingerprint density at radius 1 is 1.14 bits per heavy atom. The maximum Gasteiger partial charge on any atom is 0.133 e. The van der Waals surface area contributed by atoms with Gasteiger partial charge < -0.3 is 4.74 Å². The second kappa shape index (κ2) is 7.98. The molecular weight excluding hydrogens is 176 g/mol. The SMILES string of the molecule is CC(C)COCCCC(=O)CC(C)C. The van der Waals surface area contributed by atoms with E-state index >= 15 is 0 Å². The standard InChI is InChI=1S/C12H24O2/c1-10(2)8-12(13)6-5-7-14-9-11(3)4/h10-11H,5-9H2,1-4H3. The van der Waals surface area contributed by atoms with Gasteiger partial charge in [0.2, 0.25) is 0 Å². The van der Waals surface area contributed by atoms with Crippen molar-refractivity contribution in [3.8, 4) is 0 Å². The van der Waals surface area contributed by atoms with E-state index in [1.807, 2.05) is 0 Å². The predicted octanol–water partition coefficient (Wildman–Crippen LogP) is 3.05. The number of hydrogen-bond donors (Lipinski definition) is 0. The van der Waals surface area contributed by atoms with Gasteiger partial charge in [-0.1, -0.05) is 27.7 Å². The van der Waals surface area contributed by atoms with Crippen LogP contribution in [0, 0.1) is 11.8 Å². The summed E-state index contributed by atoms with van der Waals surface area (Å²) >= 11 is 0. The molecule has 14 heavy (non-hydrogen) atoms. The van der Waals surface area contributed by atoms with Crippen LogP contribution in [0.3, 0.4) is 0 Å². The van der Waals surface area contributed by atoms with E-state index in [1.54, 1.807) is 0 Å². The fourth-order valence-electron chi connectivity index (χ4n) is 1.25. The van der Waals surface area contributed by atoms with Crippen LogP contribution < -0.4 is 0 Å². The fraction of sp³-hybridized carbons (Fsp3) is 0.917. The third-order valence-electron chi connectivity index (χ3n) is 1.83. The molecule has 0 unspecified atom stereocenters. The molecular formula is C12H24O2. The maximum atomic E-state index is 11.3. The lowest BCUT2D eigenvalue weighted by Crippen LogP contribution is -2.07. The van der Waals surface area contributed by atoms with E-state index in [0.29, 0.717) is 30.5 Å². The number of Topliss-reactive ketones (excluding diaryl/α,β-unsaturated/α-hetero) is 1. The Labute approximate surface area is 88.0 Å². The summed E-state index contributed by atoms with van der Waals surface area (Å²) in [6.07, 6.45) is 2.26. The summed E-state index contributed by atoms with van der Waals surface area (Å²) in [6, 6.07) is 0. The van der Waals surface area contributed by atoms with Crippen LogP contribution in [-0.2, 0) is 9.53 Å². The molecule has 0 heterocycles. The van der Waals surface area contributed by atoms with Crippen LogP contribution in [0.2, 0.25) is 0 Å². The molecule has 0 aromatic rings. The van der Waals surface area contributed by atoms with Gasteiger partial charge in [0, 0.05) is 26.1 Å². The number of hydrogen-bond acceptors (Lipinski definition) is 2. The van der Waals surface area contributed by atoms with Crippen LogP contribution in [0.1, 0.15) is 47.0 Å². The largest absolute Gasteiger partial charge is 0.381 e. The van der Waals surface area contributed by atoms with E-state index in [1.165, 1.54) is 0 Å². The van der Waals surface area contributed by atoms with Crippen LogP contribution in [0.4, 0.5) is 0 Å². The Morgan fingerprint density at radius 2 is 1.79 bits per heavy atom. The van der Waals surface area contributed by atoms with Crippen molar-refractivity contribution in [3.63, 3.8) is 0 Å². The lowest BCUT2D eigenvalue weighted by molar-refractivity contribution is -0.120. The zero-order valence-electron chi connectivity index (χ0n) is 10.0. The molecule has 0 aromatic carbocycles. The van der Waals surface area contributed by atoms with Gasteiger partial charge >= 0.3 is 0 Å². The first-order valence-electron chi connectivity index (χ1n) is 5.61. The quantitative estimate of drug-likeness (QED) is 0.563. The van der Waals surface area contributed by atoms with Crippen molar-refractivity contribution in [1.29, 1.82) is 0 Å². The molecule has 0 rings (SSSR count). The van der Waals surface area contributed by atoms with Gasteiger partial charge in [-0.3, -0.25) is 4.79 Å². The molecule has 0 fully saturated rings. The summed E-state index contributed by atoms with van der Waals surface area (Å²) in [5, 5.41) is 0. The van der Waals surface area contributed by atoms with Crippen LogP contribution in [-0.4, -0.2) is 19.0 Å². The van der Waals surface area contributed by atoms with Gasteiger partial charge in [-0.2, -0.15) is 0 Å². The van der Waals surface area contributed by atoms with Gasteiger partial charge in [0.1, 0.15) is 5.78 Å². The van der Waals surface area contributed by atoms with Crippen molar-refractivity contribution >= 4 is 5.78 Å². The smallest absolute Gasteiger partial charge is 0.133 e. The molecule has 0 aliphatic rings. The topological polar surface area (TPSA) is 26.3 Å². The molecule has 2 heteroatoms. The predicted molar refractivity (Wildman–Crippen MR) is 59.4 cm³/mol. The Kier molecular flexibility index (Phi) is 7.77. The minimum atomic E-state index is 0.369. The van der Waals surface area contributed by atoms with Crippen molar-refractivity contribution < 1.29 is 9.53 Å². The molecule has 0 amide bonds. The third kappa shape index (κ3) is 9.72. The minimum Gasteiger partial charge on any atom is -0.381 e. The summed E-state index contributed by atoms with van der Waals surface area (Å²) in [5.74, 6) is 1.44. The summed E-state index contributed by atoms with van der Waals surface area (Å²) in [4.78, 5) is 11.3. The molecule has 2 nitrogen and oxygen atoms in total. The molecule has 0 radical (unpaired) electrons. The van der Waals surface area contributed by atoms with Gasteiger partial charge in [0.15, 0.2) is 0 Å². The zero-order valence-corrected chi connectivity index (χ0v) is 10.0. The molecule has 0 N–H and O–H groups in total. The molecule has 0 saturated heterocycles. The van der Waals surface area contributed by atoms with Gasteiger partial charge in [-0.15, -0.1) is 0 Å². The number of ether oxygens (including phenoxy) is 1. The fourth-order valence-corrected chi connectivity index (χ4v) is 1.25. The van der Waals surface area contributed by atoms with Gasteiger partial charge in [0.05, 0.1) is 0 Å². The van der Waals surface area contributed by atoms with Gasteiger partial charge in [0.25, 0.3) is 0 Å². The summed E-state index contributed by atoms with van der Waals surface area (Å²) in [7, 11) is 0. The van der Waals surface area contributed by atoms with Gasteiger partial charge in [-0.05, 0) is 18.3 Å². The van der Waals surface area contributed by atoms with E-state index < -0.39 is 0 Å². The van der Waals surface area contributed by atoms with Crippen LogP contribution >= 0.6 is 0 Å². The first kappa shape index (κ1) is 13.6. The highest BCUT2D eigenvalue weighted by Crippen LogP contribution is 2.04. The number of carbonyl (C=O) groups is 1. The molecule has 0 saturated carbocycles. The zero-order chi connectivity index (χ0) is 11.0. The third-order valence-corrected chi connectivity index (χ3v) is 1.83. The van der Waals surface area contributed by atoms with Crippen LogP contribution in [0.25, 0.3) is 0 Å².